The molecule has 0 spiro atoms. The van der Waals surface area contributed by atoms with E-state index >= 15 is 0 Å². The molecule has 0 fully saturated rings. The van der Waals surface area contributed by atoms with Crippen LogP contribution in [0.1, 0.15) is 0 Å². The molecule has 0 aliphatic heterocycles. The van der Waals surface area contributed by atoms with Crippen molar-refractivity contribution in [2.75, 3.05) is 39.6 Å². The predicted molar refractivity (Wildman–Crippen MR) is 82.7 cm³/mol. The first-order chi connectivity index (χ1) is 11.2. The molecule has 2 aromatic rings. The Morgan fingerprint density at radius 2 is 1.83 bits per heavy atom. The lowest BCUT2D eigenvalue weighted by Gasteiger charge is -2.13. The van der Waals surface area contributed by atoms with Crippen LogP contribution in [0, 0.1) is 0 Å². The lowest BCUT2D eigenvalue weighted by Crippen LogP contribution is -2.24. The van der Waals surface area contributed by atoms with Gasteiger partial charge in [-0.15, -0.1) is 0 Å². The molecule has 0 saturated carbocycles. The van der Waals surface area contributed by atoms with E-state index in [-0.39, 0.29) is 26.4 Å². The number of ether oxygens (including phenoxy) is 3. The zero-order valence-corrected chi connectivity index (χ0v) is 12.6. The van der Waals surface area contributed by atoms with Gasteiger partial charge in [0.1, 0.15) is 24.0 Å². The van der Waals surface area contributed by atoms with Gasteiger partial charge in [0.2, 0.25) is 0 Å². The lowest BCUT2D eigenvalue weighted by atomic mass is 10.2. The van der Waals surface area contributed by atoms with Crippen LogP contribution in [-0.2, 0) is 9.47 Å². The molecule has 0 bridgehead atoms. The van der Waals surface area contributed by atoms with Crippen LogP contribution < -0.4 is 10.4 Å². The molecule has 7 heteroatoms. The van der Waals surface area contributed by atoms with Gasteiger partial charge in [-0.05, 0) is 18.2 Å². The Labute approximate surface area is 133 Å². The van der Waals surface area contributed by atoms with Crippen LogP contribution >= 0.6 is 0 Å². The number of benzene rings is 1. The molecule has 1 atom stereocenters. The zero-order chi connectivity index (χ0) is 16.5. The van der Waals surface area contributed by atoms with E-state index in [2.05, 4.69) is 0 Å². The average Bonchev–Trinajstić information content (AvgIpc) is 2.55. The first-order valence-electron chi connectivity index (χ1n) is 7.30. The maximum Gasteiger partial charge on any atom is 0.336 e. The Balaban J connectivity index is 1.73. The van der Waals surface area contributed by atoms with Gasteiger partial charge in [-0.25, -0.2) is 4.79 Å². The smallest absolute Gasteiger partial charge is 0.336 e. The summed E-state index contributed by atoms with van der Waals surface area (Å²) in [5, 5.41) is 19.1. The minimum Gasteiger partial charge on any atom is -0.491 e. The molecule has 1 aromatic heterocycles. The fraction of sp³-hybridized carbons (Fsp3) is 0.438. The summed E-state index contributed by atoms with van der Waals surface area (Å²) in [5.41, 5.74) is 0.00766. The second-order valence-electron chi connectivity index (χ2n) is 4.83. The fourth-order valence-corrected chi connectivity index (χ4v) is 1.88. The zero-order valence-electron chi connectivity index (χ0n) is 12.6. The van der Waals surface area contributed by atoms with E-state index in [0.29, 0.717) is 24.5 Å². The highest BCUT2D eigenvalue weighted by molar-refractivity contribution is 5.77. The van der Waals surface area contributed by atoms with E-state index in [0.717, 1.165) is 5.39 Å². The highest BCUT2D eigenvalue weighted by Gasteiger charge is 2.07. The summed E-state index contributed by atoms with van der Waals surface area (Å²) in [6, 6.07) is 8.14. The number of hydrogen-bond donors (Lipinski definition) is 2. The molecule has 0 saturated heterocycles. The van der Waals surface area contributed by atoms with E-state index in [4.69, 9.17) is 23.7 Å². The highest BCUT2D eigenvalue weighted by atomic mass is 16.5. The van der Waals surface area contributed by atoms with E-state index in [9.17, 15) is 9.90 Å². The Kier molecular flexibility index (Phi) is 7.02. The molecular weight excluding hydrogens is 304 g/mol. The molecule has 126 valence electrons. The van der Waals surface area contributed by atoms with Crippen LogP contribution in [0.3, 0.4) is 0 Å². The topological polar surface area (TPSA) is 98.4 Å². The fourth-order valence-electron chi connectivity index (χ4n) is 1.88. The van der Waals surface area contributed by atoms with Crippen molar-refractivity contribution in [1.82, 2.24) is 0 Å². The van der Waals surface area contributed by atoms with Gasteiger partial charge in [-0.3, -0.25) is 0 Å². The van der Waals surface area contributed by atoms with Gasteiger partial charge in [0.05, 0.1) is 33.0 Å². The first-order valence-corrected chi connectivity index (χ1v) is 7.30. The van der Waals surface area contributed by atoms with Gasteiger partial charge in [0, 0.05) is 17.5 Å². The monoisotopic (exact) mass is 324 g/mol. The number of aliphatic hydroxyl groups excluding tert-OH is 2. The number of aliphatic hydroxyl groups is 2. The maximum absolute atomic E-state index is 11.2. The molecule has 7 nitrogen and oxygen atoms in total. The van der Waals surface area contributed by atoms with Crippen LogP contribution in [0.4, 0.5) is 0 Å². The molecular formula is C16H20O7. The van der Waals surface area contributed by atoms with Crippen molar-refractivity contribution in [2.45, 2.75) is 6.10 Å². The molecule has 2 N–H and O–H groups in total. The average molecular weight is 324 g/mol. The molecule has 1 unspecified atom stereocenters. The SMILES string of the molecule is O=c1ccc2ccc(OCC(O)COCCOCCO)cc2o1. The molecule has 0 amide bonds. The molecule has 2 rings (SSSR count). The minimum atomic E-state index is -0.786. The van der Waals surface area contributed by atoms with Crippen LogP contribution in [-0.4, -0.2) is 56.0 Å². The summed E-state index contributed by atoms with van der Waals surface area (Å²) in [5.74, 6) is 0.497. The number of hydrogen-bond acceptors (Lipinski definition) is 7. The summed E-state index contributed by atoms with van der Waals surface area (Å²) >= 11 is 0. The van der Waals surface area contributed by atoms with E-state index in [1.54, 1.807) is 24.3 Å². The van der Waals surface area contributed by atoms with E-state index in [1.165, 1.54) is 6.07 Å². The third-order valence-corrected chi connectivity index (χ3v) is 2.95. The third kappa shape index (κ3) is 5.99. The van der Waals surface area contributed by atoms with Crippen molar-refractivity contribution in [3.63, 3.8) is 0 Å². The van der Waals surface area contributed by atoms with Gasteiger partial charge >= 0.3 is 5.63 Å². The minimum absolute atomic E-state index is 0.0255. The first kappa shape index (κ1) is 17.4. The Bertz CT molecular complexity index is 652. The van der Waals surface area contributed by atoms with Crippen molar-refractivity contribution in [1.29, 1.82) is 0 Å². The predicted octanol–water partition coefficient (Wildman–Crippen LogP) is 0.558. The van der Waals surface area contributed by atoms with Crippen molar-refractivity contribution in [2.24, 2.45) is 0 Å². The van der Waals surface area contributed by atoms with Crippen LogP contribution in [0.5, 0.6) is 5.75 Å². The van der Waals surface area contributed by atoms with Crippen molar-refractivity contribution < 1.29 is 28.8 Å². The van der Waals surface area contributed by atoms with Gasteiger partial charge in [-0.1, -0.05) is 0 Å². The molecule has 23 heavy (non-hydrogen) atoms. The summed E-state index contributed by atoms with van der Waals surface area (Å²) in [7, 11) is 0. The van der Waals surface area contributed by atoms with Gasteiger partial charge in [-0.2, -0.15) is 0 Å². The van der Waals surface area contributed by atoms with E-state index in [1.807, 2.05) is 0 Å². The highest BCUT2D eigenvalue weighted by Crippen LogP contribution is 2.19. The molecule has 0 aliphatic rings. The van der Waals surface area contributed by atoms with Crippen LogP contribution in [0.15, 0.2) is 39.5 Å². The summed E-state index contributed by atoms with van der Waals surface area (Å²) in [6.45, 7) is 1.11. The Morgan fingerprint density at radius 1 is 1.04 bits per heavy atom. The van der Waals surface area contributed by atoms with Crippen molar-refractivity contribution >= 4 is 11.0 Å². The normalized spacial score (nSPS) is 12.4. The summed E-state index contributed by atoms with van der Waals surface area (Å²) < 4.78 is 20.8. The standard InChI is InChI=1S/C16H20O7/c17-5-6-20-7-8-21-10-13(18)11-22-14-3-1-12-2-4-16(19)23-15(12)9-14/h1-4,9,13,17-18H,5-8,10-11H2. The number of fused-ring (bicyclic) bond motifs is 1. The van der Waals surface area contributed by atoms with Gasteiger partial charge in [0.15, 0.2) is 0 Å². The van der Waals surface area contributed by atoms with Gasteiger partial charge in [0.25, 0.3) is 0 Å². The largest absolute Gasteiger partial charge is 0.491 e. The summed E-state index contributed by atoms with van der Waals surface area (Å²) in [4.78, 5) is 11.2. The second-order valence-corrected chi connectivity index (χ2v) is 4.83. The van der Waals surface area contributed by atoms with Crippen LogP contribution in [0.25, 0.3) is 11.0 Å². The van der Waals surface area contributed by atoms with Crippen LogP contribution in [0.2, 0.25) is 0 Å². The lowest BCUT2D eigenvalue weighted by molar-refractivity contribution is -0.0147. The molecule has 0 aliphatic carbocycles. The Morgan fingerprint density at radius 3 is 2.65 bits per heavy atom. The molecule has 0 radical (unpaired) electrons. The summed E-state index contributed by atoms with van der Waals surface area (Å²) in [6.07, 6.45) is -0.786. The molecule has 1 heterocycles. The second kappa shape index (κ2) is 9.26. The third-order valence-electron chi connectivity index (χ3n) is 2.95. The number of rotatable bonds is 10. The maximum atomic E-state index is 11.2. The van der Waals surface area contributed by atoms with Gasteiger partial charge < -0.3 is 28.8 Å². The van der Waals surface area contributed by atoms with Crippen molar-refractivity contribution in [3.05, 3.63) is 40.8 Å². The quantitative estimate of drug-likeness (QED) is 0.486. The molecule has 1 aromatic carbocycles. The van der Waals surface area contributed by atoms with E-state index < -0.39 is 11.7 Å². The van der Waals surface area contributed by atoms with Crippen molar-refractivity contribution in [3.8, 4) is 5.75 Å². The Hall–Kier alpha value is -1.93.